The minimum atomic E-state index is -3.30. The molecule has 2 saturated heterocycles. The third-order valence-electron chi connectivity index (χ3n) is 3.85. The van der Waals surface area contributed by atoms with E-state index in [1.807, 2.05) is 11.8 Å². The number of hydrogen-bond acceptors (Lipinski definition) is 4. The summed E-state index contributed by atoms with van der Waals surface area (Å²) in [5.41, 5.74) is 5.69. The molecular weight excluding hydrogens is 282 g/mol. The highest BCUT2D eigenvalue weighted by atomic mass is 32.2. The highest BCUT2D eigenvalue weighted by Gasteiger charge is 2.36. The van der Waals surface area contributed by atoms with Gasteiger partial charge < -0.3 is 5.73 Å². The van der Waals surface area contributed by atoms with E-state index in [0.717, 1.165) is 12.8 Å². The zero-order valence-corrected chi connectivity index (χ0v) is 13.4. The summed E-state index contributed by atoms with van der Waals surface area (Å²) in [6, 6.07) is 0. The summed E-state index contributed by atoms with van der Waals surface area (Å²) in [5, 5.41) is 0.738. The Balaban J connectivity index is 2.08. The predicted molar refractivity (Wildman–Crippen MR) is 80.4 cm³/mol. The molecule has 2 aliphatic rings. The maximum absolute atomic E-state index is 12.7. The third-order valence-corrected chi connectivity index (χ3v) is 7.02. The van der Waals surface area contributed by atoms with Gasteiger partial charge in [-0.1, -0.05) is 13.8 Å². The van der Waals surface area contributed by atoms with E-state index < -0.39 is 10.2 Å². The van der Waals surface area contributed by atoms with E-state index in [4.69, 9.17) is 5.73 Å². The van der Waals surface area contributed by atoms with Crippen molar-refractivity contribution in [3.8, 4) is 0 Å². The van der Waals surface area contributed by atoms with Crippen LogP contribution in [0.1, 0.15) is 26.7 Å². The van der Waals surface area contributed by atoms with Crippen LogP contribution in [0.3, 0.4) is 0 Å². The Morgan fingerprint density at radius 1 is 1.16 bits per heavy atom. The number of nitrogens with zero attached hydrogens (tertiary/aromatic N) is 2. The zero-order valence-electron chi connectivity index (χ0n) is 11.8. The van der Waals surface area contributed by atoms with Crippen LogP contribution < -0.4 is 5.73 Å². The molecule has 2 fully saturated rings. The molecule has 2 aliphatic heterocycles. The summed E-state index contributed by atoms with van der Waals surface area (Å²) in [5.74, 6) is 0.317. The molecule has 0 spiro atoms. The monoisotopic (exact) mass is 307 g/mol. The third kappa shape index (κ3) is 3.64. The fourth-order valence-corrected chi connectivity index (χ4v) is 6.33. The molecule has 3 atom stereocenters. The van der Waals surface area contributed by atoms with Crippen LogP contribution in [0.25, 0.3) is 0 Å². The van der Waals surface area contributed by atoms with Gasteiger partial charge in [0.25, 0.3) is 10.2 Å². The maximum Gasteiger partial charge on any atom is 0.282 e. The van der Waals surface area contributed by atoms with Gasteiger partial charge in [0.05, 0.1) is 0 Å². The molecule has 7 heteroatoms. The van der Waals surface area contributed by atoms with Crippen molar-refractivity contribution < 1.29 is 8.42 Å². The van der Waals surface area contributed by atoms with E-state index in [2.05, 4.69) is 13.8 Å². The summed E-state index contributed by atoms with van der Waals surface area (Å²) in [6.07, 6.45) is 1.97. The van der Waals surface area contributed by atoms with Crippen molar-refractivity contribution in [2.75, 3.05) is 32.7 Å². The number of nitrogens with two attached hydrogens (primary N) is 1. The molecule has 0 amide bonds. The predicted octanol–water partition coefficient (Wildman–Crippen LogP) is 0.728. The highest BCUT2D eigenvalue weighted by Crippen LogP contribution is 2.29. The molecule has 0 radical (unpaired) electrons. The van der Waals surface area contributed by atoms with Crippen molar-refractivity contribution in [3.63, 3.8) is 0 Å². The molecule has 3 unspecified atom stereocenters. The van der Waals surface area contributed by atoms with E-state index in [9.17, 15) is 8.42 Å². The number of hydrogen-bond donors (Lipinski definition) is 1. The van der Waals surface area contributed by atoms with Crippen molar-refractivity contribution in [2.45, 2.75) is 37.2 Å². The lowest BCUT2D eigenvalue weighted by Crippen LogP contribution is -2.53. The average Bonchev–Trinajstić information content (AvgIpc) is 2.37. The molecule has 19 heavy (non-hydrogen) atoms. The van der Waals surface area contributed by atoms with Gasteiger partial charge in [0.2, 0.25) is 0 Å². The van der Waals surface area contributed by atoms with E-state index in [-0.39, 0.29) is 0 Å². The molecular formula is C12H25N3O2S2. The van der Waals surface area contributed by atoms with Crippen LogP contribution in [-0.4, -0.2) is 60.3 Å². The van der Waals surface area contributed by atoms with Crippen LogP contribution in [0.2, 0.25) is 0 Å². The van der Waals surface area contributed by atoms with Gasteiger partial charge in [0.1, 0.15) is 0 Å². The van der Waals surface area contributed by atoms with Crippen molar-refractivity contribution in [2.24, 2.45) is 11.7 Å². The summed E-state index contributed by atoms with van der Waals surface area (Å²) < 4.78 is 28.7. The minimum absolute atomic E-state index is 0.317. The Kier molecular flexibility index (Phi) is 5.16. The normalized spacial score (nSPS) is 35.4. The van der Waals surface area contributed by atoms with Crippen LogP contribution in [0.15, 0.2) is 0 Å². The Labute approximate surface area is 121 Å². The van der Waals surface area contributed by atoms with Gasteiger partial charge in [-0.05, 0) is 25.3 Å². The molecule has 2 N–H and O–H groups in total. The highest BCUT2D eigenvalue weighted by molar-refractivity contribution is 8.00. The molecule has 0 aromatic carbocycles. The smallest absolute Gasteiger partial charge is 0.282 e. The fraction of sp³-hybridized carbons (Fsp3) is 1.00. The van der Waals surface area contributed by atoms with Crippen LogP contribution in [-0.2, 0) is 10.2 Å². The van der Waals surface area contributed by atoms with Gasteiger partial charge in [0.15, 0.2) is 0 Å². The molecule has 0 aromatic rings. The summed E-state index contributed by atoms with van der Waals surface area (Å²) in [4.78, 5) is 0. The van der Waals surface area contributed by atoms with Crippen LogP contribution >= 0.6 is 11.8 Å². The number of thioether (sulfide) groups is 1. The largest absolute Gasteiger partial charge is 0.330 e. The molecule has 0 saturated carbocycles. The molecule has 0 aliphatic carbocycles. The molecule has 0 bridgehead atoms. The fourth-order valence-electron chi connectivity index (χ4n) is 2.91. The van der Waals surface area contributed by atoms with Gasteiger partial charge in [-0.25, -0.2) is 0 Å². The SMILES string of the molecule is CC1CN(S(=O)(=O)N2CCCC(CN)C2)CC(C)S1. The Hall–Kier alpha value is 0.180. The van der Waals surface area contributed by atoms with Crippen molar-refractivity contribution in [1.29, 1.82) is 0 Å². The Morgan fingerprint density at radius 3 is 2.37 bits per heavy atom. The van der Waals surface area contributed by atoms with Gasteiger partial charge in [-0.15, -0.1) is 0 Å². The second-order valence-electron chi connectivity index (χ2n) is 5.68. The molecule has 0 aromatic heterocycles. The van der Waals surface area contributed by atoms with Gasteiger partial charge in [-0.2, -0.15) is 28.8 Å². The summed E-state index contributed by atoms with van der Waals surface area (Å²) >= 11 is 1.87. The zero-order chi connectivity index (χ0) is 14.0. The number of rotatable bonds is 3. The van der Waals surface area contributed by atoms with E-state index in [1.54, 1.807) is 8.61 Å². The topological polar surface area (TPSA) is 66.6 Å². The first-order chi connectivity index (χ1) is 8.93. The van der Waals surface area contributed by atoms with E-state index in [0.29, 0.717) is 49.1 Å². The lowest BCUT2D eigenvalue weighted by atomic mass is 10.0. The number of piperidine rings is 1. The molecule has 2 heterocycles. The van der Waals surface area contributed by atoms with Gasteiger partial charge in [0, 0.05) is 36.7 Å². The minimum Gasteiger partial charge on any atom is -0.330 e. The summed E-state index contributed by atoms with van der Waals surface area (Å²) in [6.45, 7) is 7.26. The van der Waals surface area contributed by atoms with Gasteiger partial charge in [-0.3, -0.25) is 0 Å². The van der Waals surface area contributed by atoms with Crippen LogP contribution in [0.4, 0.5) is 0 Å². The van der Waals surface area contributed by atoms with Gasteiger partial charge >= 0.3 is 0 Å². The Bertz CT molecular complexity index is 392. The van der Waals surface area contributed by atoms with Crippen molar-refractivity contribution >= 4 is 22.0 Å². The van der Waals surface area contributed by atoms with Crippen molar-refractivity contribution in [3.05, 3.63) is 0 Å². The van der Waals surface area contributed by atoms with Crippen LogP contribution in [0.5, 0.6) is 0 Å². The van der Waals surface area contributed by atoms with E-state index in [1.165, 1.54) is 0 Å². The van der Waals surface area contributed by atoms with E-state index >= 15 is 0 Å². The van der Waals surface area contributed by atoms with Crippen LogP contribution in [0, 0.1) is 5.92 Å². The first-order valence-electron chi connectivity index (χ1n) is 7.04. The first kappa shape index (κ1) is 15.6. The second kappa shape index (κ2) is 6.30. The molecule has 5 nitrogen and oxygen atoms in total. The summed E-state index contributed by atoms with van der Waals surface area (Å²) in [7, 11) is -3.30. The second-order valence-corrected chi connectivity index (χ2v) is 9.49. The molecule has 2 rings (SSSR count). The Morgan fingerprint density at radius 2 is 1.79 bits per heavy atom. The standard InChI is InChI=1S/C12H25N3O2S2/c1-10-7-15(8-11(2)18-10)19(16,17)14-5-3-4-12(6-13)9-14/h10-12H,3-9,13H2,1-2H3. The molecule has 112 valence electrons. The first-order valence-corrected chi connectivity index (χ1v) is 9.38. The lowest BCUT2D eigenvalue weighted by molar-refractivity contribution is 0.249. The lowest BCUT2D eigenvalue weighted by Gasteiger charge is -2.39. The maximum atomic E-state index is 12.7. The van der Waals surface area contributed by atoms with Crippen molar-refractivity contribution in [1.82, 2.24) is 8.61 Å². The average molecular weight is 307 g/mol. The quantitative estimate of drug-likeness (QED) is 0.834.